The second-order valence-corrected chi connectivity index (χ2v) is 8.02. The Balaban J connectivity index is 0.00000341. The van der Waals surface area contributed by atoms with Crippen molar-refractivity contribution in [2.24, 2.45) is 10.4 Å². The standard InChI is InChI=1S/C22H36N4O4.HI/c1-23-21(25-16-22(7-11-27)8-12-30-17-22)24-15-20(26-9-13-29-14-10-26)18-3-5-19(28-2)6-4-18;/h3-6,20,27H,7-17H2,1-2H3,(H2,23,24,25);1H. The van der Waals surface area contributed by atoms with Crippen molar-refractivity contribution < 1.29 is 19.3 Å². The topological polar surface area (TPSA) is 87.6 Å². The van der Waals surface area contributed by atoms with E-state index in [2.05, 4.69) is 32.7 Å². The Labute approximate surface area is 202 Å². The highest BCUT2D eigenvalue weighted by molar-refractivity contribution is 14.0. The fourth-order valence-electron chi connectivity index (χ4n) is 4.17. The number of guanidine groups is 1. The number of aliphatic hydroxyl groups excluding tert-OH is 1. The molecule has 0 aromatic heterocycles. The van der Waals surface area contributed by atoms with E-state index in [4.69, 9.17) is 14.2 Å². The number of rotatable bonds is 9. The lowest BCUT2D eigenvalue weighted by molar-refractivity contribution is 0.0169. The molecule has 2 saturated heterocycles. The van der Waals surface area contributed by atoms with Gasteiger partial charge in [-0.25, -0.2) is 0 Å². The first-order valence-corrected chi connectivity index (χ1v) is 10.8. The van der Waals surface area contributed by atoms with Crippen molar-refractivity contribution >= 4 is 29.9 Å². The van der Waals surface area contributed by atoms with Gasteiger partial charge in [0.15, 0.2) is 5.96 Å². The summed E-state index contributed by atoms with van der Waals surface area (Å²) in [5.41, 5.74) is 1.22. The maximum atomic E-state index is 9.44. The van der Waals surface area contributed by atoms with Crippen LogP contribution in [0.25, 0.3) is 0 Å². The second kappa shape index (κ2) is 13.4. The molecule has 2 aliphatic heterocycles. The molecule has 0 bridgehead atoms. The first-order chi connectivity index (χ1) is 14.7. The SMILES string of the molecule is CN=C(NCC(c1ccc(OC)cc1)N1CCOCC1)NCC1(CCO)CCOC1.I. The van der Waals surface area contributed by atoms with E-state index in [9.17, 15) is 5.11 Å². The Bertz CT molecular complexity index is 662. The quantitative estimate of drug-likeness (QED) is 0.246. The summed E-state index contributed by atoms with van der Waals surface area (Å²) >= 11 is 0. The lowest BCUT2D eigenvalue weighted by atomic mass is 9.84. The molecule has 176 valence electrons. The van der Waals surface area contributed by atoms with Crippen molar-refractivity contribution in [3.63, 3.8) is 0 Å². The Morgan fingerprint density at radius 2 is 1.94 bits per heavy atom. The first kappa shape index (κ1) is 26.1. The number of benzene rings is 1. The molecular formula is C22H37IN4O4. The van der Waals surface area contributed by atoms with Crippen molar-refractivity contribution in [1.29, 1.82) is 0 Å². The highest BCUT2D eigenvalue weighted by Crippen LogP contribution is 2.31. The molecule has 0 saturated carbocycles. The zero-order chi connectivity index (χ0) is 21.2. The average molecular weight is 548 g/mol. The van der Waals surface area contributed by atoms with Crippen molar-refractivity contribution in [2.45, 2.75) is 18.9 Å². The van der Waals surface area contributed by atoms with Gasteiger partial charge in [0.2, 0.25) is 0 Å². The number of hydrogen-bond donors (Lipinski definition) is 3. The van der Waals surface area contributed by atoms with Gasteiger partial charge in [-0.05, 0) is 30.5 Å². The molecule has 2 unspecified atom stereocenters. The van der Waals surface area contributed by atoms with Gasteiger partial charge >= 0.3 is 0 Å². The van der Waals surface area contributed by atoms with Gasteiger partial charge in [0, 0.05) is 51.9 Å². The summed E-state index contributed by atoms with van der Waals surface area (Å²) in [4.78, 5) is 6.85. The van der Waals surface area contributed by atoms with Crippen LogP contribution in [0.15, 0.2) is 29.3 Å². The van der Waals surface area contributed by atoms with E-state index in [1.54, 1.807) is 14.2 Å². The van der Waals surface area contributed by atoms with Gasteiger partial charge in [-0.3, -0.25) is 9.89 Å². The maximum absolute atomic E-state index is 9.44. The zero-order valence-corrected chi connectivity index (χ0v) is 21.0. The summed E-state index contributed by atoms with van der Waals surface area (Å²) in [5, 5.41) is 16.4. The number of hydrogen-bond acceptors (Lipinski definition) is 6. The van der Waals surface area contributed by atoms with Gasteiger partial charge in [-0.1, -0.05) is 12.1 Å². The molecule has 1 aromatic rings. The summed E-state index contributed by atoms with van der Waals surface area (Å²) in [5.74, 6) is 1.63. The third-order valence-electron chi connectivity index (χ3n) is 6.13. The Kier molecular flexibility index (Phi) is 11.3. The second-order valence-electron chi connectivity index (χ2n) is 8.02. The predicted molar refractivity (Wildman–Crippen MR) is 132 cm³/mol. The third kappa shape index (κ3) is 7.45. The molecule has 1 aromatic carbocycles. The molecule has 0 aliphatic carbocycles. The van der Waals surface area contributed by atoms with Crippen molar-refractivity contribution in [3.8, 4) is 5.75 Å². The molecule has 2 atom stereocenters. The van der Waals surface area contributed by atoms with Crippen LogP contribution in [0.3, 0.4) is 0 Å². The number of morpholine rings is 1. The highest BCUT2D eigenvalue weighted by atomic mass is 127. The monoisotopic (exact) mass is 548 g/mol. The minimum Gasteiger partial charge on any atom is -0.497 e. The van der Waals surface area contributed by atoms with E-state index in [0.717, 1.165) is 70.6 Å². The van der Waals surface area contributed by atoms with E-state index in [-0.39, 0.29) is 42.0 Å². The fourth-order valence-corrected chi connectivity index (χ4v) is 4.17. The van der Waals surface area contributed by atoms with Gasteiger partial charge < -0.3 is 30.0 Å². The number of aliphatic hydroxyl groups is 1. The van der Waals surface area contributed by atoms with Crippen LogP contribution in [0, 0.1) is 5.41 Å². The van der Waals surface area contributed by atoms with Gasteiger partial charge in [0.05, 0.1) is 33.0 Å². The minimum atomic E-state index is -0.0219. The Morgan fingerprint density at radius 3 is 2.52 bits per heavy atom. The predicted octanol–water partition coefficient (Wildman–Crippen LogP) is 1.64. The van der Waals surface area contributed by atoms with Gasteiger partial charge in [0.25, 0.3) is 0 Å². The van der Waals surface area contributed by atoms with E-state index >= 15 is 0 Å². The van der Waals surface area contributed by atoms with E-state index < -0.39 is 0 Å². The summed E-state index contributed by atoms with van der Waals surface area (Å²) < 4.78 is 16.5. The van der Waals surface area contributed by atoms with Crippen molar-refractivity contribution in [2.75, 3.05) is 73.4 Å². The maximum Gasteiger partial charge on any atom is 0.191 e. The smallest absolute Gasteiger partial charge is 0.191 e. The molecule has 9 heteroatoms. The summed E-state index contributed by atoms with van der Waals surface area (Å²) in [6, 6.07) is 8.48. The third-order valence-corrected chi connectivity index (χ3v) is 6.13. The summed E-state index contributed by atoms with van der Waals surface area (Å²) in [7, 11) is 3.47. The number of nitrogens with zero attached hydrogens (tertiary/aromatic N) is 2. The number of nitrogens with one attached hydrogen (secondary N) is 2. The lowest BCUT2D eigenvalue weighted by Gasteiger charge is -2.35. The van der Waals surface area contributed by atoms with Crippen molar-refractivity contribution in [3.05, 3.63) is 29.8 Å². The van der Waals surface area contributed by atoms with Crippen LogP contribution < -0.4 is 15.4 Å². The molecule has 0 amide bonds. The molecule has 2 heterocycles. The van der Waals surface area contributed by atoms with E-state index in [1.807, 2.05) is 12.1 Å². The lowest BCUT2D eigenvalue weighted by Crippen LogP contribution is -2.48. The van der Waals surface area contributed by atoms with Crippen LogP contribution in [0.2, 0.25) is 0 Å². The van der Waals surface area contributed by atoms with Crippen LogP contribution in [0.1, 0.15) is 24.4 Å². The molecule has 2 fully saturated rings. The minimum absolute atomic E-state index is 0. The number of halogens is 1. The van der Waals surface area contributed by atoms with E-state index in [0.29, 0.717) is 6.61 Å². The molecule has 31 heavy (non-hydrogen) atoms. The van der Waals surface area contributed by atoms with Gasteiger partial charge in [-0.2, -0.15) is 0 Å². The zero-order valence-electron chi connectivity index (χ0n) is 18.6. The Morgan fingerprint density at radius 1 is 1.19 bits per heavy atom. The largest absolute Gasteiger partial charge is 0.497 e. The highest BCUT2D eigenvalue weighted by Gasteiger charge is 2.34. The fraction of sp³-hybridized carbons (Fsp3) is 0.682. The summed E-state index contributed by atoms with van der Waals surface area (Å²) in [6.45, 7) is 6.39. The van der Waals surface area contributed by atoms with E-state index in [1.165, 1.54) is 5.56 Å². The molecule has 2 aliphatic rings. The Hall–Kier alpha value is -1.14. The average Bonchev–Trinajstić information content (AvgIpc) is 3.26. The number of methoxy groups -OCH3 is 1. The van der Waals surface area contributed by atoms with Crippen molar-refractivity contribution in [1.82, 2.24) is 15.5 Å². The molecule has 3 N–H and O–H groups in total. The molecule has 0 radical (unpaired) electrons. The molecule has 0 spiro atoms. The number of ether oxygens (including phenoxy) is 3. The van der Waals surface area contributed by atoms with Gasteiger partial charge in [-0.15, -0.1) is 24.0 Å². The molecule has 3 rings (SSSR count). The summed E-state index contributed by atoms with van der Waals surface area (Å²) in [6.07, 6.45) is 1.69. The molecule has 8 nitrogen and oxygen atoms in total. The first-order valence-electron chi connectivity index (χ1n) is 10.8. The van der Waals surface area contributed by atoms with Crippen LogP contribution in [0.5, 0.6) is 5.75 Å². The van der Waals surface area contributed by atoms with Crippen LogP contribution >= 0.6 is 24.0 Å². The number of aliphatic imine (C=N–C) groups is 1. The van der Waals surface area contributed by atoms with Gasteiger partial charge in [0.1, 0.15) is 5.75 Å². The van der Waals surface area contributed by atoms with Crippen LogP contribution in [-0.2, 0) is 9.47 Å². The normalized spacial score (nSPS) is 23.1. The molecular weight excluding hydrogens is 511 g/mol. The van der Waals surface area contributed by atoms with Crippen LogP contribution in [-0.4, -0.2) is 89.3 Å². The van der Waals surface area contributed by atoms with Crippen LogP contribution in [0.4, 0.5) is 0 Å².